The summed E-state index contributed by atoms with van der Waals surface area (Å²) in [4.78, 5) is 0. The van der Waals surface area contributed by atoms with Crippen molar-refractivity contribution in [2.24, 2.45) is 0 Å². The number of benzene rings is 2. The van der Waals surface area contributed by atoms with Crippen LogP contribution in [0.15, 0.2) is 54.7 Å². The lowest BCUT2D eigenvalue weighted by Crippen LogP contribution is -1.99. The molecule has 0 radical (unpaired) electrons. The highest BCUT2D eigenvalue weighted by Crippen LogP contribution is 2.22. The summed E-state index contributed by atoms with van der Waals surface area (Å²) in [6, 6.07) is 16.6. The Morgan fingerprint density at radius 1 is 1.06 bits per heavy atom. The van der Waals surface area contributed by atoms with E-state index in [2.05, 4.69) is 54.1 Å². The number of halogens is 1. The second kappa shape index (κ2) is 4.51. The van der Waals surface area contributed by atoms with Gasteiger partial charge >= 0.3 is 0 Å². The van der Waals surface area contributed by atoms with Gasteiger partial charge in [-0.25, -0.2) is 0 Å². The first-order valence-corrected chi connectivity index (χ1v) is 6.41. The van der Waals surface area contributed by atoms with Gasteiger partial charge in [-0.2, -0.15) is 0 Å². The molecule has 3 rings (SSSR count). The minimum atomic E-state index is 0.784. The average Bonchev–Trinajstić information content (AvgIpc) is 2.75. The summed E-state index contributed by atoms with van der Waals surface area (Å²) < 4.78 is 2.24. The van der Waals surface area contributed by atoms with Crippen LogP contribution in [0.4, 0.5) is 0 Å². The number of aromatic nitrogens is 1. The van der Waals surface area contributed by atoms with E-state index in [1.54, 1.807) is 0 Å². The summed E-state index contributed by atoms with van der Waals surface area (Å²) in [6.45, 7) is 3.03. The lowest BCUT2D eigenvalue weighted by Gasteiger charge is -2.08. The normalized spacial score (nSPS) is 11.0. The van der Waals surface area contributed by atoms with Crippen LogP contribution in [0.3, 0.4) is 0 Å². The first-order valence-electron chi connectivity index (χ1n) is 6.03. The van der Waals surface area contributed by atoms with E-state index >= 15 is 0 Å². The molecule has 90 valence electrons. The van der Waals surface area contributed by atoms with Crippen molar-refractivity contribution >= 4 is 22.5 Å². The Labute approximate surface area is 112 Å². The van der Waals surface area contributed by atoms with Crippen LogP contribution in [0.1, 0.15) is 11.1 Å². The van der Waals surface area contributed by atoms with E-state index in [1.807, 2.05) is 12.1 Å². The second-order valence-corrected chi connectivity index (χ2v) is 5.01. The van der Waals surface area contributed by atoms with Crippen molar-refractivity contribution in [1.29, 1.82) is 0 Å². The molecule has 18 heavy (non-hydrogen) atoms. The fraction of sp³-hybridized carbons (Fsp3) is 0.125. The highest BCUT2D eigenvalue weighted by atomic mass is 35.5. The smallest absolute Gasteiger partial charge is 0.0498 e. The SMILES string of the molecule is Cc1ccccc1Cn1ccc2ccc(Cl)cc21. The zero-order valence-electron chi connectivity index (χ0n) is 10.2. The topological polar surface area (TPSA) is 4.93 Å². The first kappa shape index (κ1) is 11.4. The Balaban J connectivity index is 2.05. The largest absolute Gasteiger partial charge is 0.343 e. The van der Waals surface area contributed by atoms with Gasteiger partial charge in [-0.15, -0.1) is 0 Å². The van der Waals surface area contributed by atoms with Gasteiger partial charge in [0.05, 0.1) is 0 Å². The summed E-state index contributed by atoms with van der Waals surface area (Å²) >= 11 is 6.07. The van der Waals surface area contributed by atoms with Crippen molar-refractivity contribution in [3.05, 3.63) is 70.9 Å². The lowest BCUT2D eigenvalue weighted by atomic mass is 10.1. The molecule has 2 aromatic carbocycles. The molecule has 0 saturated heterocycles. The third kappa shape index (κ3) is 2.02. The van der Waals surface area contributed by atoms with Gasteiger partial charge in [0, 0.05) is 23.3 Å². The molecule has 1 aromatic heterocycles. The predicted molar refractivity (Wildman–Crippen MR) is 77.2 cm³/mol. The Kier molecular flexibility index (Phi) is 2.85. The van der Waals surface area contributed by atoms with Crippen molar-refractivity contribution in [2.75, 3.05) is 0 Å². The highest BCUT2D eigenvalue weighted by Gasteiger charge is 2.04. The van der Waals surface area contributed by atoms with Crippen LogP contribution < -0.4 is 0 Å². The molecule has 0 atom stereocenters. The molecule has 3 aromatic rings. The van der Waals surface area contributed by atoms with Crippen LogP contribution in [0.5, 0.6) is 0 Å². The van der Waals surface area contributed by atoms with Crippen molar-refractivity contribution < 1.29 is 0 Å². The molecule has 0 aliphatic carbocycles. The maximum absolute atomic E-state index is 6.07. The number of nitrogens with zero attached hydrogens (tertiary/aromatic N) is 1. The fourth-order valence-electron chi connectivity index (χ4n) is 2.27. The number of hydrogen-bond acceptors (Lipinski definition) is 0. The Morgan fingerprint density at radius 2 is 1.89 bits per heavy atom. The molecule has 0 N–H and O–H groups in total. The lowest BCUT2D eigenvalue weighted by molar-refractivity contribution is 0.830. The molecule has 1 heterocycles. The van der Waals surface area contributed by atoms with Gasteiger partial charge < -0.3 is 4.57 Å². The number of fused-ring (bicyclic) bond motifs is 1. The average molecular weight is 256 g/mol. The van der Waals surface area contributed by atoms with E-state index in [0.29, 0.717) is 0 Å². The van der Waals surface area contributed by atoms with Gasteiger partial charge in [0.25, 0.3) is 0 Å². The Morgan fingerprint density at radius 3 is 2.72 bits per heavy atom. The Hall–Kier alpha value is -1.73. The van der Waals surface area contributed by atoms with Crippen LogP contribution >= 0.6 is 11.6 Å². The van der Waals surface area contributed by atoms with Gasteiger partial charge in [-0.1, -0.05) is 41.9 Å². The molecule has 0 amide bonds. The zero-order valence-corrected chi connectivity index (χ0v) is 11.0. The predicted octanol–water partition coefficient (Wildman–Crippen LogP) is 4.65. The molecule has 0 saturated carbocycles. The molecule has 1 nitrogen and oxygen atoms in total. The summed E-state index contributed by atoms with van der Waals surface area (Å²) in [5.41, 5.74) is 3.85. The first-order chi connectivity index (χ1) is 8.74. The molecule has 0 aliphatic rings. The van der Waals surface area contributed by atoms with E-state index in [9.17, 15) is 0 Å². The third-order valence-electron chi connectivity index (χ3n) is 3.34. The summed E-state index contributed by atoms with van der Waals surface area (Å²) in [5, 5.41) is 2.01. The van der Waals surface area contributed by atoms with Crippen LogP contribution in [-0.4, -0.2) is 4.57 Å². The van der Waals surface area contributed by atoms with E-state index in [1.165, 1.54) is 22.0 Å². The van der Waals surface area contributed by atoms with Gasteiger partial charge in [0.2, 0.25) is 0 Å². The van der Waals surface area contributed by atoms with Crippen molar-refractivity contribution in [3.8, 4) is 0 Å². The van der Waals surface area contributed by atoms with Gasteiger partial charge in [-0.3, -0.25) is 0 Å². The van der Waals surface area contributed by atoms with Gasteiger partial charge in [-0.05, 0) is 41.6 Å². The van der Waals surface area contributed by atoms with Crippen LogP contribution in [-0.2, 0) is 6.54 Å². The minimum absolute atomic E-state index is 0.784. The zero-order chi connectivity index (χ0) is 12.5. The quantitative estimate of drug-likeness (QED) is 0.628. The molecule has 2 heteroatoms. The third-order valence-corrected chi connectivity index (χ3v) is 3.57. The number of hydrogen-bond donors (Lipinski definition) is 0. The second-order valence-electron chi connectivity index (χ2n) is 4.57. The van der Waals surface area contributed by atoms with Gasteiger partial charge in [0.15, 0.2) is 0 Å². The number of aryl methyl sites for hydroxylation is 1. The fourth-order valence-corrected chi connectivity index (χ4v) is 2.43. The van der Waals surface area contributed by atoms with Crippen molar-refractivity contribution in [1.82, 2.24) is 4.57 Å². The molecule has 0 bridgehead atoms. The standard InChI is InChI=1S/C16H14ClN/c1-12-4-2-3-5-14(12)11-18-9-8-13-6-7-15(17)10-16(13)18/h2-10H,11H2,1H3. The molecular weight excluding hydrogens is 242 g/mol. The van der Waals surface area contributed by atoms with Crippen molar-refractivity contribution in [2.45, 2.75) is 13.5 Å². The van der Waals surface area contributed by atoms with E-state index in [4.69, 9.17) is 11.6 Å². The Bertz CT molecular complexity index is 697. The van der Waals surface area contributed by atoms with Crippen molar-refractivity contribution in [3.63, 3.8) is 0 Å². The summed E-state index contributed by atoms with van der Waals surface area (Å²) in [6.07, 6.45) is 2.12. The van der Waals surface area contributed by atoms with Gasteiger partial charge in [0.1, 0.15) is 0 Å². The summed E-state index contributed by atoms with van der Waals surface area (Å²) in [7, 11) is 0. The molecule has 0 fully saturated rings. The van der Waals surface area contributed by atoms with E-state index in [0.717, 1.165) is 11.6 Å². The van der Waals surface area contributed by atoms with Crippen LogP contribution in [0.25, 0.3) is 10.9 Å². The highest BCUT2D eigenvalue weighted by molar-refractivity contribution is 6.31. The van der Waals surface area contributed by atoms with Crippen LogP contribution in [0.2, 0.25) is 5.02 Å². The molecule has 0 unspecified atom stereocenters. The maximum Gasteiger partial charge on any atom is 0.0498 e. The molecule has 0 spiro atoms. The maximum atomic E-state index is 6.07. The molecular formula is C16H14ClN. The number of rotatable bonds is 2. The minimum Gasteiger partial charge on any atom is -0.343 e. The van der Waals surface area contributed by atoms with E-state index < -0.39 is 0 Å². The summed E-state index contributed by atoms with van der Waals surface area (Å²) in [5.74, 6) is 0. The van der Waals surface area contributed by atoms with Crippen LogP contribution in [0, 0.1) is 6.92 Å². The monoisotopic (exact) mass is 255 g/mol. The van der Waals surface area contributed by atoms with E-state index in [-0.39, 0.29) is 0 Å². The molecule has 0 aliphatic heterocycles.